The van der Waals surface area contributed by atoms with Gasteiger partial charge in [-0.25, -0.2) is 4.79 Å². The van der Waals surface area contributed by atoms with E-state index in [2.05, 4.69) is 5.92 Å². The quantitative estimate of drug-likeness (QED) is 0.410. The van der Waals surface area contributed by atoms with Crippen LogP contribution in [-0.2, 0) is 14.3 Å². The van der Waals surface area contributed by atoms with Crippen molar-refractivity contribution in [3.63, 3.8) is 0 Å². The molecular formula is C19H23F3O5. The minimum absolute atomic E-state index is 0.0146. The molecule has 1 aliphatic carbocycles. The zero-order valence-corrected chi connectivity index (χ0v) is 15.8. The Kier molecular flexibility index (Phi) is 5.30. The van der Waals surface area contributed by atoms with Crippen molar-refractivity contribution >= 4 is 5.97 Å². The molecule has 0 aromatic heterocycles. The summed E-state index contributed by atoms with van der Waals surface area (Å²) in [6, 6.07) is 0. The SMILES string of the molecule is CC1=CC2(CC(C)(C)C1(O)C#C/C(=C\C(=O)O)C(F)(F)F)OC(C)C(C)O2. The van der Waals surface area contributed by atoms with Gasteiger partial charge in [0.2, 0.25) is 0 Å². The highest BCUT2D eigenvalue weighted by Gasteiger charge is 2.57. The lowest BCUT2D eigenvalue weighted by atomic mass is 9.63. The molecule has 2 N–H and O–H groups in total. The van der Waals surface area contributed by atoms with Crippen LogP contribution in [0.15, 0.2) is 23.3 Å². The fraction of sp³-hybridized carbons (Fsp3) is 0.632. The van der Waals surface area contributed by atoms with Crippen molar-refractivity contribution in [3.8, 4) is 11.8 Å². The fourth-order valence-corrected chi connectivity index (χ4v) is 3.50. The van der Waals surface area contributed by atoms with E-state index in [0.29, 0.717) is 0 Å². The molecular weight excluding hydrogens is 365 g/mol. The molecule has 0 aromatic rings. The number of aliphatic hydroxyl groups is 1. The summed E-state index contributed by atoms with van der Waals surface area (Å²) in [5.74, 6) is 1.22. The second-order valence-electron chi connectivity index (χ2n) is 7.70. The molecule has 150 valence electrons. The van der Waals surface area contributed by atoms with E-state index in [0.717, 1.165) is 0 Å². The number of carboxylic acid groups (broad SMARTS) is 1. The first-order chi connectivity index (χ1) is 12.1. The third-order valence-electron chi connectivity index (χ3n) is 5.06. The Balaban J connectivity index is 2.50. The van der Waals surface area contributed by atoms with Gasteiger partial charge in [0.15, 0.2) is 11.4 Å². The Morgan fingerprint density at radius 3 is 2.22 bits per heavy atom. The Labute approximate surface area is 155 Å². The summed E-state index contributed by atoms with van der Waals surface area (Å²) in [4.78, 5) is 10.7. The van der Waals surface area contributed by atoms with E-state index >= 15 is 0 Å². The van der Waals surface area contributed by atoms with Crippen LogP contribution < -0.4 is 0 Å². The average molecular weight is 388 g/mol. The van der Waals surface area contributed by atoms with Crippen molar-refractivity contribution in [2.45, 2.75) is 70.8 Å². The summed E-state index contributed by atoms with van der Waals surface area (Å²) in [7, 11) is 0. The maximum atomic E-state index is 13.0. The van der Waals surface area contributed by atoms with Crippen LogP contribution >= 0.6 is 0 Å². The van der Waals surface area contributed by atoms with Crippen molar-refractivity contribution in [2.24, 2.45) is 5.41 Å². The molecule has 1 saturated heterocycles. The van der Waals surface area contributed by atoms with Crippen molar-refractivity contribution in [2.75, 3.05) is 0 Å². The molecule has 8 heteroatoms. The summed E-state index contributed by atoms with van der Waals surface area (Å²) in [5, 5.41) is 19.7. The predicted molar refractivity (Wildman–Crippen MR) is 90.5 cm³/mol. The van der Waals surface area contributed by atoms with Crippen molar-refractivity contribution in [1.29, 1.82) is 0 Å². The average Bonchev–Trinajstić information content (AvgIpc) is 2.73. The zero-order valence-electron chi connectivity index (χ0n) is 15.8. The van der Waals surface area contributed by atoms with E-state index < -0.39 is 34.5 Å². The molecule has 1 fully saturated rings. The highest BCUT2D eigenvalue weighted by molar-refractivity contribution is 5.82. The summed E-state index contributed by atoms with van der Waals surface area (Å²) in [6.07, 6.45) is -3.61. The molecule has 2 rings (SSSR count). The molecule has 0 amide bonds. The summed E-state index contributed by atoms with van der Waals surface area (Å²) in [6.45, 7) is 8.53. The highest BCUT2D eigenvalue weighted by Crippen LogP contribution is 2.51. The van der Waals surface area contributed by atoms with Gasteiger partial charge in [0, 0.05) is 17.9 Å². The van der Waals surface area contributed by atoms with Crippen molar-refractivity contribution < 1.29 is 37.7 Å². The Morgan fingerprint density at radius 2 is 1.81 bits per heavy atom. The number of allylic oxidation sites excluding steroid dienone is 1. The van der Waals surface area contributed by atoms with E-state index in [1.165, 1.54) is 6.92 Å². The van der Waals surface area contributed by atoms with Gasteiger partial charge in [0.1, 0.15) is 5.57 Å². The summed E-state index contributed by atoms with van der Waals surface area (Å²) < 4.78 is 50.8. The van der Waals surface area contributed by atoms with Crippen molar-refractivity contribution in [3.05, 3.63) is 23.3 Å². The lowest BCUT2D eigenvalue weighted by Gasteiger charge is -2.48. The van der Waals surface area contributed by atoms with E-state index in [1.807, 2.05) is 19.8 Å². The molecule has 5 nitrogen and oxygen atoms in total. The minimum Gasteiger partial charge on any atom is -0.478 e. The van der Waals surface area contributed by atoms with Crippen LogP contribution in [-0.4, -0.2) is 46.0 Å². The molecule has 27 heavy (non-hydrogen) atoms. The number of rotatable bonds is 1. The standard InChI is InChI=1S/C19H23F3O5/c1-11-9-17(26-12(2)13(3)27-17)10-16(4,5)18(11,25)7-6-14(8-15(23)24)19(20,21)22/h8-9,12-13,25H,10H2,1-5H3,(H,23,24)/b14-8+. The minimum atomic E-state index is -4.94. The molecule has 0 aromatic carbocycles. The predicted octanol–water partition coefficient (Wildman–Crippen LogP) is 3.19. The smallest absolute Gasteiger partial charge is 0.424 e. The van der Waals surface area contributed by atoms with Crippen LogP contribution in [0, 0.1) is 17.3 Å². The van der Waals surface area contributed by atoms with E-state index in [9.17, 15) is 23.1 Å². The van der Waals surface area contributed by atoms with Gasteiger partial charge in [-0.05, 0) is 32.4 Å². The summed E-state index contributed by atoms with van der Waals surface area (Å²) in [5.41, 5.74) is -4.20. The number of carbonyl (C=O) groups is 1. The fourth-order valence-electron chi connectivity index (χ4n) is 3.50. The first-order valence-electron chi connectivity index (χ1n) is 8.45. The van der Waals surface area contributed by atoms with Crippen LogP contribution in [0.2, 0.25) is 0 Å². The van der Waals surface area contributed by atoms with Gasteiger partial charge in [-0.15, -0.1) is 0 Å². The van der Waals surface area contributed by atoms with Crippen LogP contribution in [0.4, 0.5) is 13.2 Å². The number of hydrogen-bond acceptors (Lipinski definition) is 4. The van der Waals surface area contributed by atoms with Crippen LogP contribution in [0.1, 0.15) is 41.0 Å². The van der Waals surface area contributed by atoms with Gasteiger partial charge in [0.25, 0.3) is 0 Å². The van der Waals surface area contributed by atoms with Gasteiger partial charge in [-0.3, -0.25) is 0 Å². The molecule has 3 atom stereocenters. The lowest BCUT2D eigenvalue weighted by Crippen LogP contribution is -2.53. The molecule has 1 aliphatic heterocycles. The first kappa shape index (κ1) is 21.5. The molecule has 1 heterocycles. The molecule has 0 bridgehead atoms. The monoisotopic (exact) mass is 388 g/mol. The largest absolute Gasteiger partial charge is 0.478 e. The topological polar surface area (TPSA) is 76.0 Å². The van der Waals surface area contributed by atoms with E-state index in [1.54, 1.807) is 19.9 Å². The maximum absolute atomic E-state index is 13.0. The molecule has 0 radical (unpaired) electrons. The Morgan fingerprint density at radius 1 is 1.30 bits per heavy atom. The number of hydrogen-bond donors (Lipinski definition) is 2. The van der Waals surface area contributed by atoms with Gasteiger partial charge >= 0.3 is 12.1 Å². The molecule has 1 spiro atoms. The Hall–Kier alpha value is -1.82. The number of carboxylic acids is 1. The second kappa shape index (κ2) is 6.66. The van der Waals surface area contributed by atoms with Crippen LogP contribution in [0.5, 0.6) is 0 Å². The van der Waals surface area contributed by atoms with Gasteiger partial charge < -0.3 is 19.7 Å². The number of aliphatic carboxylic acids is 1. The van der Waals surface area contributed by atoms with Gasteiger partial charge in [-0.2, -0.15) is 13.2 Å². The molecule has 0 saturated carbocycles. The van der Waals surface area contributed by atoms with Crippen LogP contribution in [0.25, 0.3) is 0 Å². The number of alkyl halides is 3. The van der Waals surface area contributed by atoms with Gasteiger partial charge in [-0.1, -0.05) is 25.7 Å². The number of ether oxygens (including phenoxy) is 2. The Bertz CT molecular complexity index is 744. The van der Waals surface area contributed by atoms with Crippen LogP contribution in [0.3, 0.4) is 0 Å². The normalized spacial score (nSPS) is 36.2. The highest BCUT2D eigenvalue weighted by atomic mass is 19.4. The maximum Gasteiger partial charge on any atom is 0.424 e. The summed E-state index contributed by atoms with van der Waals surface area (Å²) >= 11 is 0. The third kappa shape index (κ3) is 4.05. The second-order valence-corrected chi connectivity index (χ2v) is 7.70. The van der Waals surface area contributed by atoms with Gasteiger partial charge in [0.05, 0.1) is 12.2 Å². The lowest BCUT2D eigenvalue weighted by molar-refractivity contribution is -0.182. The first-order valence-corrected chi connectivity index (χ1v) is 8.45. The molecule has 3 unspecified atom stereocenters. The number of halogens is 3. The molecule has 2 aliphatic rings. The van der Waals surface area contributed by atoms with E-state index in [-0.39, 0.29) is 30.3 Å². The zero-order chi connectivity index (χ0) is 20.8. The van der Waals surface area contributed by atoms with E-state index in [4.69, 9.17) is 14.6 Å². The third-order valence-corrected chi connectivity index (χ3v) is 5.06. The van der Waals surface area contributed by atoms with Crippen molar-refractivity contribution in [1.82, 2.24) is 0 Å².